The van der Waals surface area contributed by atoms with E-state index in [-0.39, 0.29) is 30.3 Å². The van der Waals surface area contributed by atoms with Gasteiger partial charge in [0.05, 0.1) is 0 Å². The summed E-state index contributed by atoms with van der Waals surface area (Å²) in [6.07, 6.45) is 2.86. The minimum Gasteiger partial charge on any atom is -0.396 e. The molecular weight excluding hydrogens is 257 g/mol. The molecule has 1 amide bonds. The lowest BCUT2D eigenvalue weighted by Crippen LogP contribution is -2.36. The molecule has 2 N–H and O–H groups in total. The van der Waals surface area contributed by atoms with Gasteiger partial charge in [0, 0.05) is 18.6 Å². The fourth-order valence-electron chi connectivity index (χ4n) is 2.06. The molecule has 0 spiro atoms. The number of aryl methyl sites for hydroxylation is 1. The Bertz CT molecular complexity index is 423. The average molecular weight is 281 g/mol. The van der Waals surface area contributed by atoms with Crippen molar-refractivity contribution in [3.63, 3.8) is 0 Å². The molecule has 2 atom stereocenters. The van der Waals surface area contributed by atoms with Gasteiger partial charge in [-0.2, -0.15) is 0 Å². The fourth-order valence-corrected chi connectivity index (χ4v) is 2.06. The Morgan fingerprint density at radius 3 is 2.75 bits per heavy atom. The van der Waals surface area contributed by atoms with Crippen LogP contribution in [0.1, 0.15) is 38.7 Å². The van der Waals surface area contributed by atoms with Crippen molar-refractivity contribution in [3.8, 4) is 0 Å². The summed E-state index contributed by atoms with van der Waals surface area (Å²) in [7, 11) is 0. The monoisotopic (exact) mass is 281 g/mol. The maximum Gasteiger partial charge on any atom is 0.223 e. The predicted octanol–water partition coefficient (Wildman–Crippen LogP) is 2.67. The summed E-state index contributed by atoms with van der Waals surface area (Å²) < 4.78 is 13.0. The quantitative estimate of drug-likeness (QED) is 0.769. The molecule has 20 heavy (non-hydrogen) atoms. The topological polar surface area (TPSA) is 49.3 Å². The number of hydrogen-bond acceptors (Lipinski definition) is 2. The van der Waals surface area contributed by atoms with E-state index < -0.39 is 0 Å². The third-order valence-electron chi connectivity index (χ3n) is 3.39. The number of aliphatic hydroxyl groups is 1. The van der Waals surface area contributed by atoms with Crippen molar-refractivity contribution in [1.82, 2.24) is 5.32 Å². The highest BCUT2D eigenvalue weighted by molar-refractivity contribution is 5.78. The lowest BCUT2D eigenvalue weighted by atomic mass is 10.00. The zero-order valence-electron chi connectivity index (χ0n) is 12.2. The third-order valence-corrected chi connectivity index (χ3v) is 3.39. The van der Waals surface area contributed by atoms with Crippen molar-refractivity contribution in [2.45, 2.75) is 45.6 Å². The third kappa shape index (κ3) is 6.15. The molecule has 0 radical (unpaired) electrons. The number of carbonyl (C=O) groups excluding carboxylic acids is 1. The molecule has 0 heterocycles. The van der Waals surface area contributed by atoms with E-state index in [1.807, 2.05) is 19.9 Å². The van der Waals surface area contributed by atoms with Crippen LogP contribution in [0.4, 0.5) is 4.39 Å². The second-order valence-corrected chi connectivity index (χ2v) is 5.35. The average Bonchev–Trinajstić information content (AvgIpc) is 2.42. The van der Waals surface area contributed by atoms with E-state index in [0.29, 0.717) is 19.3 Å². The molecule has 0 bridgehead atoms. The number of nitrogens with one attached hydrogen (secondary N) is 1. The zero-order valence-corrected chi connectivity index (χ0v) is 12.2. The largest absolute Gasteiger partial charge is 0.396 e. The van der Waals surface area contributed by atoms with E-state index in [4.69, 9.17) is 5.11 Å². The van der Waals surface area contributed by atoms with E-state index in [1.54, 1.807) is 6.07 Å². The molecule has 1 aromatic carbocycles. The second kappa shape index (κ2) is 8.69. The van der Waals surface area contributed by atoms with Gasteiger partial charge in [-0.05, 0) is 50.3 Å². The summed E-state index contributed by atoms with van der Waals surface area (Å²) in [5.41, 5.74) is 0.915. The van der Waals surface area contributed by atoms with Crippen LogP contribution in [0.5, 0.6) is 0 Å². The Kier molecular flexibility index (Phi) is 7.23. The molecule has 0 fully saturated rings. The van der Waals surface area contributed by atoms with Crippen LogP contribution in [0.3, 0.4) is 0 Å². The van der Waals surface area contributed by atoms with Crippen LogP contribution >= 0.6 is 0 Å². The highest BCUT2D eigenvalue weighted by Gasteiger charge is 2.15. The Labute approximate surface area is 120 Å². The molecule has 1 rings (SSSR count). The summed E-state index contributed by atoms with van der Waals surface area (Å²) in [6, 6.07) is 6.56. The minimum absolute atomic E-state index is 0.0202. The maximum atomic E-state index is 13.0. The molecule has 2 unspecified atom stereocenters. The van der Waals surface area contributed by atoms with Gasteiger partial charge in [0.15, 0.2) is 0 Å². The molecule has 3 nitrogen and oxygen atoms in total. The summed E-state index contributed by atoms with van der Waals surface area (Å²) >= 11 is 0. The number of rotatable bonds is 8. The fraction of sp³-hybridized carbons (Fsp3) is 0.562. The summed E-state index contributed by atoms with van der Waals surface area (Å²) in [4.78, 5) is 12.0. The highest BCUT2D eigenvalue weighted by Crippen LogP contribution is 2.11. The predicted molar refractivity (Wildman–Crippen MR) is 77.8 cm³/mol. The van der Waals surface area contributed by atoms with Gasteiger partial charge in [0.2, 0.25) is 5.91 Å². The van der Waals surface area contributed by atoms with Gasteiger partial charge in [0.1, 0.15) is 5.82 Å². The summed E-state index contributed by atoms with van der Waals surface area (Å²) in [5, 5.41) is 11.7. The van der Waals surface area contributed by atoms with Crippen LogP contribution in [-0.4, -0.2) is 23.7 Å². The number of carbonyl (C=O) groups is 1. The van der Waals surface area contributed by atoms with Gasteiger partial charge in [-0.1, -0.05) is 19.1 Å². The molecule has 0 aliphatic carbocycles. The van der Waals surface area contributed by atoms with Crippen molar-refractivity contribution in [3.05, 3.63) is 35.6 Å². The van der Waals surface area contributed by atoms with Crippen LogP contribution in [0.2, 0.25) is 0 Å². The lowest BCUT2D eigenvalue weighted by Gasteiger charge is -2.17. The van der Waals surface area contributed by atoms with E-state index in [1.165, 1.54) is 12.1 Å². The molecule has 0 aliphatic rings. The standard InChI is InChI=1S/C16H24FNO2/c1-12(16(20)18-13(2)5-4-10-19)8-9-14-6-3-7-15(17)11-14/h3,6-7,11-13,19H,4-5,8-10H2,1-2H3,(H,18,20). The molecule has 1 aromatic rings. The number of hydrogen-bond donors (Lipinski definition) is 2. The Hall–Kier alpha value is -1.42. The van der Waals surface area contributed by atoms with Gasteiger partial charge in [0.25, 0.3) is 0 Å². The van der Waals surface area contributed by atoms with Crippen molar-refractivity contribution in [2.75, 3.05) is 6.61 Å². The van der Waals surface area contributed by atoms with Crippen LogP contribution < -0.4 is 5.32 Å². The first kappa shape index (κ1) is 16.6. The Balaban J connectivity index is 2.34. The van der Waals surface area contributed by atoms with Gasteiger partial charge < -0.3 is 10.4 Å². The number of amides is 1. The van der Waals surface area contributed by atoms with Crippen LogP contribution in [0, 0.1) is 11.7 Å². The van der Waals surface area contributed by atoms with Crippen molar-refractivity contribution in [1.29, 1.82) is 0 Å². The molecule has 0 aliphatic heterocycles. The van der Waals surface area contributed by atoms with Crippen molar-refractivity contribution < 1.29 is 14.3 Å². The lowest BCUT2D eigenvalue weighted by molar-refractivity contribution is -0.125. The molecule has 4 heteroatoms. The van der Waals surface area contributed by atoms with E-state index in [9.17, 15) is 9.18 Å². The van der Waals surface area contributed by atoms with Gasteiger partial charge in [-0.15, -0.1) is 0 Å². The molecule has 0 saturated carbocycles. The van der Waals surface area contributed by atoms with Gasteiger partial charge >= 0.3 is 0 Å². The van der Waals surface area contributed by atoms with Crippen molar-refractivity contribution >= 4 is 5.91 Å². The first-order valence-corrected chi connectivity index (χ1v) is 7.18. The Morgan fingerprint density at radius 1 is 1.35 bits per heavy atom. The smallest absolute Gasteiger partial charge is 0.223 e. The van der Waals surface area contributed by atoms with Crippen LogP contribution in [-0.2, 0) is 11.2 Å². The van der Waals surface area contributed by atoms with Gasteiger partial charge in [-0.25, -0.2) is 4.39 Å². The minimum atomic E-state index is -0.239. The first-order chi connectivity index (χ1) is 9.52. The van der Waals surface area contributed by atoms with E-state index in [2.05, 4.69) is 5.32 Å². The number of halogens is 1. The SMILES string of the molecule is CC(CCCO)NC(=O)C(C)CCc1cccc(F)c1. The maximum absolute atomic E-state index is 13.0. The van der Waals surface area contributed by atoms with E-state index >= 15 is 0 Å². The normalized spacial score (nSPS) is 13.8. The zero-order chi connectivity index (χ0) is 15.0. The molecule has 0 aromatic heterocycles. The molecule has 0 saturated heterocycles. The first-order valence-electron chi connectivity index (χ1n) is 7.18. The summed E-state index contributed by atoms with van der Waals surface area (Å²) in [5.74, 6) is -0.320. The number of benzene rings is 1. The van der Waals surface area contributed by atoms with Crippen molar-refractivity contribution in [2.24, 2.45) is 5.92 Å². The van der Waals surface area contributed by atoms with Gasteiger partial charge in [-0.3, -0.25) is 4.79 Å². The second-order valence-electron chi connectivity index (χ2n) is 5.35. The van der Waals surface area contributed by atoms with Crippen LogP contribution in [0.15, 0.2) is 24.3 Å². The molecule has 112 valence electrons. The Morgan fingerprint density at radius 2 is 2.10 bits per heavy atom. The highest BCUT2D eigenvalue weighted by atomic mass is 19.1. The molecular formula is C16H24FNO2. The number of aliphatic hydroxyl groups excluding tert-OH is 1. The van der Waals surface area contributed by atoms with Crippen LogP contribution in [0.25, 0.3) is 0 Å². The van der Waals surface area contributed by atoms with E-state index in [0.717, 1.165) is 12.0 Å². The summed E-state index contributed by atoms with van der Waals surface area (Å²) in [6.45, 7) is 3.97.